The van der Waals surface area contributed by atoms with Gasteiger partial charge in [0, 0.05) is 0 Å². The fourth-order valence-corrected chi connectivity index (χ4v) is 1.62. The molecule has 0 unspecified atom stereocenters. The summed E-state index contributed by atoms with van der Waals surface area (Å²) in [7, 11) is 1.35. The van der Waals surface area contributed by atoms with Crippen LogP contribution in [0.25, 0.3) is 0 Å². The molecule has 0 radical (unpaired) electrons. The normalized spacial score (nSPS) is 10.0. The van der Waals surface area contributed by atoms with E-state index in [4.69, 9.17) is 10.00 Å². The van der Waals surface area contributed by atoms with Crippen molar-refractivity contribution in [1.82, 2.24) is 0 Å². The maximum absolute atomic E-state index is 11.6. The van der Waals surface area contributed by atoms with Gasteiger partial charge >= 0.3 is 5.97 Å². The molecule has 0 bridgehead atoms. The predicted molar refractivity (Wildman–Crippen MR) is 61.3 cm³/mol. The SMILES string of the molecule is COC(=O)c1cc(C#N)c(C)cc1C(C)C. The smallest absolute Gasteiger partial charge is 0.338 e. The summed E-state index contributed by atoms with van der Waals surface area (Å²) in [6, 6.07) is 5.57. The van der Waals surface area contributed by atoms with Crippen LogP contribution in [0.4, 0.5) is 0 Å². The topological polar surface area (TPSA) is 50.1 Å². The summed E-state index contributed by atoms with van der Waals surface area (Å²) in [6.07, 6.45) is 0. The van der Waals surface area contributed by atoms with Crippen molar-refractivity contribution < 1.29 is 9.53 Å². The second-order valence-electron chi connectivity index (χ2n) is 4.01. The molecule has 0 saturated carbocycles. The van der Waals surface area contributed by atoms with E-state index >= 15 is 0 Å². The van der Waals surface area contributed by atoms with Crippen molar-refractivity contribution in [3.8, 4) is 6.07 Å². The largest absolute Gasteiger partial charge is 0.465 e. The summed E-state index contributed by atoms with van der Waals surface area (Å²) in [5.74, 6) is -0.166. The molecule has 84 valence electrons. The molecule has 0 aromatic heterocycles. The van der Waals surface area contributed by atoms with Gasteiger partial charge in [0.05, 0.1) is 24.3 Å². The first-order valence-electron chi connectivity index (χ1n) is 5.14. The van der Waals surface area contributed by atoms with E-state index in [9.17, 15) is 4.79 Å². The zero-order valence-corrected chi connectivity index (χ0v) is 10.00. The molecule has 3 nitrogen and oxygen atoms in total. The summed E-state index contributed by atoms with van der Waals surface area (Å²) < 4.78 is 4.72. The average Bonchev–Trinajstić information content (AvgIpc) is 2.27. The average molecular weight is 217 g/mol. The van der Waals surface area contributed by atoms with Gasteiger partial charge in [-0.05, 0) is 30.0 Å². The van der Waals surface area contributed by atoms with E-state index in [1.807, 2.05) is 26.8 Å². The monoisotopic (exact) mass is 217 g/mol. The number of carbonyl (C=O) groups excluding carboxylic acids is 1. The molecule has 0 aliphatic carbocycles. The summed E-state index contributed by atoms with van der Waals surface area (Å²) in [5, 5.41) is 8.92. The maximum Gasteiger partial charge on any atom is 0.338 e. The second kappa shape index (κ2) is 4.80. The molecule has 0 amide bonds. The zero-order valence-electron chi connectivity index (χ0n) is 10.00. The van der Waals surface area contributed by atoms with Crippen LogP contribution in [0.1, 0.15) is 46.8 Å². The van der Waals surface area contributed by atoms with Crippen molar-refractivity contribution in [3.05, 3.63) is 34.4 Å². The van der Waals surface area contributed by atoms with Gasteiger partial charge in [0.2, 0.25) is 0 Å². The number of aryl methyl sites for hydroxylation is 1. The lowest BCUT2D eigenvalue weighted by atomic mass is 9.92. The number of rotatable bonds is 2. The predicted octanol–water partition coefficient (Wildman–Crippen LogP) is 2.78. The van der Waals surface area contributed by atoms with Gasteiger partial charge in [-0.3, -0.25) is 0 Å². The molecule has 1 aromatic carbocycles. The second-order valence-corrected chi connectivity index (χ2v) is 4.01. The van der Waals surface area contributed by atoms with Gasteiger partial charge < -0.3 is 4.74 Å². The van der Waals surface area contributed by atoms with Crippen LogP contribution in [0.2, 0.25) is 0 Å². The maximum atomic E-state index is 11.6. The van der Waals surface area contributed by atoms with Gasteiger partial charge in [0.1, 0.15) is 0 Å². The van der Waals surface area contributed by atoms with Crippen molar-refractivity contribution in [1.29, 1.82) is 5.26 Å². The molecule has 0 spiro atoms. The Bertz CT molecular complexity index is 456. The summed E-state index contributed by atoms with van der Waals surface area (Å²) >= 11 is 0. The molecular formula is C13H15NO2. The first-order chi connectivity index (χ1) is 7.51. The third-order valence-corrected chi connectivity index (χ3v) is 2.54. The summed E-state index contributed by atoms with van der Waals surface area (Å²) in [6.45, 7) is 5.88. The molecule has 0 saturated heterocycles. The molecule has 0 aliphatic rings. The first kappa shape index (κ1) is 12.3. The number of nitriles is 1. The molecule has 0 fully saturated rings. The lowest BCUT2D eigenvalue weighted by molar-refractivity contribution is 0.0599. The van der Waals surface area contributed by atoms with E-state index in [1.165, 1.54) is 7.11 Å². The van der Waals surface area contributed by atoms with Crippen molar-refractivity contribution in [2.24, 2.45) is 0 Å². The first-order valence-corrected chi connectivity index (χ1v) is 5.14. The number of carbonyl (C=O) groups is 1. The van der Waals surface area contributed by atoms with Crippen LogP contribution in [0, 0.1) is 18.3 Å². The van der Waals surface area contributed by atoms with Gasteiger partial charge in [-0.1, -0.05) is 19.9 Å². The van der Waals surface area contributed by atoms with E-state index in [2.05, 4.69) is 6.07 Å². The van der Waals surface area contributed by atoms with Crippen molar-refractivity contribution in [3.63, 3.8) is 0 Å². The van der Waals surface area contributed by atoms with E-state index in [1.54, 1.807) is 6.07 Å². The number of methoxy groups -OCH3 is 1. The van der Waals surface area contributed by atoms with Crippen LogP contribution in [0.3, 0.4) is 0 Å². The van der Waals surface area contributed by atoms with Crippen LogP contribution < -0.4 is 0 Å². The number of hydrogen-bond donors (Lipinski definition) is 0. The van der Waals surface area contributed by atoms with Crippen LogP contribution in [0.15, 0.2) is 12.1 Å². The van der Waals surface area contributed by atoms with Gasteiger partial charge in [0.15, 0.2) is 0 Å². The molecule has 1 aromatic rings. The lowest BCUT2D eigenvalue weighted by Gasteiger charge is -2.13. The fourth-order valence-electron chi connectivity index (χ4n) is 1.62. The third-order valence-electron chi connectivity index (χ3n) is 2.54. The Morgan fingerprint density at radius 2 is 2.06 bits per heavy atom. The minimum absolute atomic E-state index is 0.223. The summed E-state index contributed by atoms with van der Waals surface area (Å²) in [5.41, 5.74) is 2.81. The number of nitrogens with zero attached hydrogens (tertiary/aromatic N) is 1. The number of benzene rings is 1. The van der Waals surface area contributed by atoms with Gasteiger partial charge in [-0.2, -0.15) is 5.26 Å². The number of hydrogen-bond acceptors (Lipinski definition) is 3. The van der Waals surface area contributed by atoms with Crippen molar-refractivity contribution >= 4 is 5.97 Å². The Balaban J connectivity index is 3.44. The van der Waals surface area contributed by atoms with E-state index < -0.39 is 0 Å². The molecular weight excluding hydrogens is 202 g/mol. The Hall–Kier alpha value is -1.82. The summed E-state index contributed by atoms with van der Waals surface area (Å²) in [4.78, 5) is 11.6. The van der Waals surface area contributed by atoms with E-state index in [0.717, 1.165) is 11.1 Å². The Morgan fingerprint density at radius 3 is 2.50 bits per heavy atom. The van der Waals surface area contributed by atoms with Crippen molar-refractivity contribution in [2.45, 2.75) is 26.7 Å². The van der Waals surface area contributed by atoms with Crippen LogP contribution >= 0.6 is 0 Å². The highest BCUT2D eigenvalue weighted by atomic mass is 16.5. The molecule has 16 heavy (non-hydrogen) atoms. The highest BCUT2D eigenvalue weighted by Crippen LogP contribution is 2.24. The Kier molecular flexibility index (Phi) is 3.68. The minimum Gasteiger partial charge on any atom is -0.465 e. The quantitative estimate of drug-likeness (QED) is 0.716. The van der Waals surface area contributed by atoms with Crippen LogP contribution in [-0.4, -0.2) is 13.1 Å². The third kappa shape index (κ3) is 2.22. The van der Waals surface area contributed by atoms with E-state index in [-0.39, 0.29) is 11.9 Å². The highest BCUT2D eigenvalue weighted by molar-refractivity contribution is 5.92. The molecule has 0 heterocycles. The molecule has 3 heteroatoms. The molecule has 0 aliphatic heterocycles. The Labute approximate surface area is 95.7 Å². The molecule has 0 atom stereocenters. The lowest BCUT2D eigenvalue weighted by Crippen LogP contribution is -2.08. The Morgan fingerprint density at radius 1 is 1.44 bits per heavy atom. The number of ether oxygens (including phenoxy) is 1. The zero-order chi connectivity index (χ0) is 12.3. The van der Waals surface area contributed by atoms with Crippen LogP contribution in [-0.2, 0) is 4.74 Å². The van der Waals surface area contributed by atoms with Crippen molar-refractivity contribution in [2.75, 3.05) is 7.11 Å². The standard InChI is InChI=1S/C13H15NO2/c1-8(2)11-5-9(3)10(7-14)6-12(11)13(15)16-4/h5-6,8H,1-4H3. The van der Waals surface area contributed by atoms with Crippen LogP contribution in [0.5, 0.6) is 0 Å². The fraction of sp³-hybridized carbons (Fsp3) is 0.385. The van der Waals surface area contributed by atoms with Gasteiger partial charge in [-0.25, -0.2) is 4.79 Å². The highest BCUT2D eigenvalue weighted by Gasteiger charge is 2.16. The van der Waals surface area contributed by atoms with E-state index in [0.29, 0.717) is 11.1 Å². The van der Waals surface area contributed by atoms with Gasteiger partial charge in [-0.15, -0.1) is 0 Å². The molecule has 1 rings (SSSR count). The van der Waals surface area contributed by atoms with Gasteiger partial charge in [0.25, 0.3) is 0 Å². The minimum atomic E-state index is -0.389. The number of esters is 1. The molecule has 0 N–H and O–H groups in total.